The quantitative estimate of drug-likeness (QED) is 0.853. The molecule has 27 heavy (non-hydrogen) atoms. The van der Waals surface area contributed by atoms with Gasteiger partial charge in [-0.3, -0.25) is 9.78 Å². The van der Waals surface area contributed by atoms with Crippen LogP contribution in [0.15, 0.2) is 42.6 Å². The summed E-state index contributed by atoms with van der Waals surface area (Å²) < 4.78 is 0. The first kappa shape index (κ1) is 20.4. The number of aromatic nitrogens is 1. The van der Waals surface area contributed by atoms with E-state index < -0.39 is 0 Å². The summed E-state index contributed by atoms with van der Waals surface area (Å²) in [7, 11) is 5.23. The van der Waals surface area contributed by atoms with Gasteiger partial charge in [0.1, 0.15) is 0 Å². The molecule has 3 amide bonds. The summed E-state index contributed by atoms with van der Waals surface area (Å²) in [5, 5.41) is 2.92. The Hall–Kier alpha value is -2.89. The molecule has 2 aromatic rings. The number of nitrogens with one attached hydrogen (secondary N) is 1. The van der Waals surface area contributed by atoms with Crippen LogP contribution in [0.4, 0.5) is 4.79 Å². The Kier molecular flexibility index (Phi) is 6.93. The van der Waals surface area contributed by atoms with E-state index in [4.69, 9.17) is 0 Å². The van der Waals surface area contributed by atoms with Crippen molar-refractivity contribution in [3.8, 4) is 0 Å². The number of pyridine rings is 1. The number of hydrogen-bond donors (Lipinski definition) is 1. The van der Waals surface area contributed by atoms with Crippen molar-refractivity contribution in [2.45, 2.75) is 32.9 Å². The summed E-state index contributed by atoms with van der Waals surface area (Å²) in [6.07, 6.45) is 2.48. The zero-order chi connectivity index (χ0) is 20.0. The van der Waals surface area contributed by atoms with Crippen LogP contribution in [0.3, 0.4) is 0 Å². The van der Waals surface area contributed by atoms with Gasteiger partial charge in [-0.05, 0) is 43.2 Å². The normalized spacial score (nSPS) is 11.6. The van der Waals surface area contributed by atoms with E-state index in [-0.39, 0.29) is 18.0 Å². The summed E-state index contributed by atoms with van der Waals surface area (Å²) in [5.41, 5.74) is 3.71. The van der Waals surface area contributed by atoms with Gasteiger partial charge >= 0.3 is 6.03 Å². The highest BCUT2D eigenvalue weighted by Crippen LogP contribution is 2.10. The average Bonchev–Trinajstić information content (AvgIpc) is 2.67. The van der Waals surface area contributed by atoms with Gasteiger partial charge in [0, 0.05) is 57.6 Å². The first-order valence-electron chi connectivity index (χ1n) is 9.01. The summed E-state index contributed by atoms with van der Waals surface area (Å²) in [6.45, 7) is 4.45. The van der Waals surface area contributed by atoms with Gasteiger partial charge in [-0.15, -0.1) is 0 Å². The molecule has 2 rings (SSSR count). The number of aryl methyl sites for hydroxylation is 1. The van der Waals surface area contributed by atoms with Crippen LogP contribution in [0.1, 0.15) is 34.1 Å². The van der Waals surface area contributed by atoms with Crippen molar-refractivity contribution in [1.82, 2.24) is 20.1 Å². The molecule has 0 aliphatic carbocycles. The Balaban J connectivity index is 1.89. The zero-order valence-electron chi connectivity index (χ0n) is 16.7. The molecule has 6 heteroatoms. The summed E-state index contributed by atoms with van der Waals surface area (Å²) >= 11 is 0. The van der Waals surface area contributed by atoms with E-state index >= 15 is 0 Å². The van der Waals surface area contributed by atoms with Gasteiger partial charge in [-0.25, -0.2) is 4.79 Å². The van der Waals surface area contributed by atoms with Crippen LogP contribution in [-0.2, 0) is 13.0 Å². The van der Waals surface area contributed by atoms with Gasteiger partial charge in [-0.2, -0.15) is 0 Å². The van der Waals surface area contributed by atoms with Gasteiger partial charge < -0.3 is 15.1 Å². The molecular formula is C21H28N4O2. The Morgan fingerprint density at radius 1 is 1.11 bits per heavy atom. The molecule has 6 nitrogen and oxygen atoms in total. The topological polar surface area (TPSA) is 65.5 Å². The molecule has 0 saturated carbocycles. The van der Waals surface area contributed by atoms with Crippen LogP contribution in [0.2, 0.25) is 0 Å². The van der Waals surface area contributed by atoms with Crippen LogP contribution >= 0.6 is 0 Å². The van der Waals surface area contributed by atoms with Gasteiger partial charge in [-0.1, -0.05) is 18.2 Å². The van der Waals surface area contributed by atoms with Crippen LogP contribution in [0.5, 0.6) is 0 Å². The number of carbonyl (C=O) groups excluding carboxylic acids is 2. The molecule has 0 unspecified atom stereocenters. The van der Waals surface area contributed by atoms with Crippen LogP contribution in [0.25, 0.3) is 0 Å². The van der Waals surface area contributed by atoms with Crippen molar-refractivity contribution in [3.63, 3.8) is 0 Å². The van der Waals surface area contributed by atoms with Crippen molar-refractivity contribution in [2.24, 2.45) is 0 Å². The number of amides is 3. The second-order valence-electron chi connectivity index (χ2n) is 6.99. The van der Waals surface area contributed by atoms with Gasteiger partial charge in [0.2, 0.25) is 0 Å². The lowest BCUT2D eigenvalue weighted by Gasteiger charge is -2.25. The second kappa shape index (κ2) is 9.16. The predicted molar refractivity (Wildman–Crippen MR) is 107 cm³/mol. The van der Waals surface area contributed by atoms with Crippen LogP contribution in [-0.4, -0.2) is 53.9 Å². The van der Waals surface area contributed by atoms with Crippen molar-refractivity contribution in [2.75, 3.05) is 21.1 Å². The van der Waals surface area contributed by atoms with Gasteiger partial charge in [0.05, 0.1) is 0 Å². The molecule has 0 spiro atoms. The zero-order valence-corrected chi connectivity index (χ0v) is 16.7. The minimum Gasteiger partial charge on any atom is -0.345 e. The third kappa shape index (κ3) is 5.54. The maximum Gasteiger partial charge on any atom is 0.317 e. The van der Waals surface area contributed by atoms with Gasteiger partial charge in [0.15, 0.2) is 0 Å². The monoisotopic (exact) mass is 368 g/mol. The molecular weight excluding hydrogens is 340 g/mol. The molecule has 0 bridgehead atoms. The Morgan fingerprint density at radius 2 is 1.78 bits per heavy atom. The number of rotatable bonds is 6. The fourth-order valence-corrected chi connectivity index (χ4v) is 2.67. The molecule has 0 aliphatic rings. The number of likely N-dealkylation sites (N-methyl/N-ethyl adjacent to an activating group) is 1. The van der Waals surface area contributed by atoms with E-state index in [1.807, 2.05) is 38.1 Å². The standard InChI is InChI=1S/C21H28N4O2/c1-15-7-6-12-22-19(15)13-16(2)25(5)21(27)23-14-17-8-10-18(11-9-17)20(26)24(3)4/h6-12,16H,13-14H2,1-5H3,(H,23,27)/t16-/m0/s1. The average molecular weight is 368 g/mol. The van der Waals surface area contributed by atoms with E-state index in [9.17, 15) is 9.59 Å². The lowest BCUT2D eigenvalue weighted by atomic mass is 10.1. The minimum atomic E-state index is -0.135. The highest BCUT2D eigenvalue weighted by Gasteiger charge is 2.17. The molecule has 0 radical (unpaired) electrons. The first-order valence-corrected chi connectivity index (χ1v) is 9.01. The SMILES string of the molecule is Cc1cccnc1C[C@H](C)N(C)C(=O)NCc1ccc(C(=O)N(C)C)cc1. The lowest BCUT2D eigenvalue weighted by molar-refractivity contribution is 0.0827. The molecule has 1 aromatic heterocycles. The smallest absolute Gasteiger partial charge is 0.317 e. The van der Waals surface area contributed by atoms with Crippen LogP contribution < -0.4 is 5.32 Å². The number of hydrogen-bond acceptors (Lipinski definition) is 3. The van der Waals surface area contributed by atoms with Crippen LogP contribution in [0, 0.1) is 6.92 Å². The molecule has 0 saturated heterocycles. The molecule has 144 valence electrons. The molecule has 1 atom stereocenters. The molecule has 0 fully saturated rings. The lowest BCUT2D eigenvalue weighted by Crippen LogP contribution is -2.43. The largest absolute Gasteiger partial charge is 0.345 e. The maximum absolute atomic E-state index is 12.4. The van der Waals surface area contributed by atoms with Gasteiger partial charge in [0.25, 0.3) is 5.91 Å². The molecule has 1 aromatic carbocycles. The number of urea groups is 1. The Bertz CT molecular complexity index is 787. The first-order chi connectivity index (χ1) is 12.8. The highest BCUT2D eigenvalue weighted by atomic mass is 16.2. The fraction of sp³-hybridized carbons (Fsp3) is 0.381. The Labute approximate surface area is 161 Å². The Morgan fingerprint density at radius 3 is 2.37 bits per heavy atom. The molecule has 0 aliphatic heterocycles. The molecule has 1 N–H and O–H groups in total. The summed E-state index contributed by atoms with van der Waals surface area (Å²) in [5.74, 6) is -0.0380. The summed E-state index contributed by atoms with van der Waals surface area (Å²) in [4.78, 5) is 32.0. The van der Waals surface area contributed by atoms with Crippen molar-refractivity contribution < 1.29 is 9.59 Å². The second-order valence-corrected chi connectivity index (χ2v) is 6.99. The highest BCUT2D eigenvalue weighted by molar-refractivity contribution is 5.93. The third-order valence-corrected chi connectivity index (χ3v) is 4.64. The third-order valence-electron chi connectivity index (χ3n) is 4.64. The minimum absolute atomic E-state index is 0.0266. The summed E-state index contributed by atoms with van der Waals surface area (Å²) in [6, 6.07) is 11.1. The number of nitrogens with zero attached hydrogens (tertiary/aromatic N) is 3. The van der Waals surface area contributed by atoms with E-state index in [0.29, 0.717) is 18.5 Å². The van der Waals surface area contributed by atoms with E-state index in [0.717, 1.165) is 16.8 Å². The number of carbonyl (C=O) groups is 2. The molecule has 1 heterocycles. The van der Waals surface area contributed by atoms with Crippen molar-refractivity contribution in [1.29, 1.82) is 0 Å². The van der Waals surface area contributed by atoms with E-state index in [1.165, 1.54) is 4.90 Å². The fourth-order valence-electron chi connectivity index (χ4n) is 2.67. The van der Waals surface area contributed by atoms with Crippen molar-refractivity contribution in [3.05, 3.63) is 65.0 Å². The predicted octanol–water partition coefficient (Wildman–Crippen LogP) is 2.86. The van der Waals surface area contributed by atoms with E-state index in [1.54, 1.807) is 44.4 Å². The van der Waals surface area contributed by atoms with E-state index in [2.05, 4.69) is 10.3 Å². The number of benzene rings is 1. The van der Waals surface area contributed by atoms with Crippen molar-refractivity contribution >= 4 is 11.9 Å². The maximum atomic E-state index is 12.4.